The molecule has 0 aliphatic heterocycles. The largest absolute Gasteiger partial charge is 0.356 e. The first-order chi connectivity index (χ1) is 11.6. The van der Waals surface area contributed by atoms with Crippen molar-refractivity contribution in [2.45, 2.75) is 39.0 Å². The molecular formula is C18H22N4OS. The molecule has 0 unspecified atom stereocenters. The number of aromatic nitrogens is 3. The summed E-state index contributed by atoms with van der Waals surface area (Å²) in [7, 11) is 0. The van der Waals surface area contributed by atoms with Crippen molar-refractivity contribution >= 4 is 22.9 Å². The third-order valence-corrected chi connectivity index (χ3v) is 4.77. The highest BCUT2D eigenvalue weighted by molar-refractivity contribution is 7.09. The molecule has 126 valence electrons. The van der Waals surface area contributed by atoms with Crippen LogP contribution in [0.4, 0.5) is 0 Å². The molecule has 5 nitrogen and oxygen atoms in total. The van der Waals surface area contributed by atoms with Crippen LogP contribution in [0.3, 0.4) is 0 Å². The van der Waals surface area contributed by atoms with Gasteiger partial charge in [0.15, 0.2) is 0 Å². The second-order valence-electron chi connectivity index (χ2n) is 6.12. The summed E-state index contributed by atoms with van der Waals surface area (Å²) in [4.78, 5) is 21.1. The van der Waals surface area contributed by atoms with Crippen molar-refractivity contribution in [2.24, 2.45) is 0 Å². The molecule has 1 amide bonds. The summed E-state index contributed by atoms with van der Waals surface area (Å²) in [6, 6.07) is 5.89. The van der Waals surface area contributed by atoms with Gasteiger partial charge in [0.25, 0.3) is 0 Å². The molecule has 0 radical (unpaired) electrons. The summed E-state index contributed by atoms with van der Waals surface area (Å²) in [6.07, 6.45) is 5.84. The van der Waals surface area contributed by atoms with Gasteiger partial charge in [-0.15, -0.1) is 11.3 Å². The highest BCUT2D eigenvalue weighted by atomic mass is 32.1. The monoisotopic (exact) mass is 342 g/mol. The number of rotatable bonds is 7. The minimum atomic E-state index is 0.0627. The zero-order valence-electron chi connectivity index (χ0n) is 14.0. The third-order valence-electron chi connectivity index (χ3n) is 3.84. The maximum atomic E-state index is 12.0. The van der Waals surface area contributed by atoms with E-state index in [1.54, 1.807) is 11.3 Å². The predicted octanol–water partition coefficient (Wildman–Crippen LogP) is 3.21. The quantitative estimate of drug-likeness (QED) is 0.717. The van der Waals surface area contributed by atoms with Crippen molar-refractivity contribution in [3.05, 3.63) is 52.4 Å². The minimum absolute atomic E-state index is 0.0627. The number of carbonyl (C=O) groups excluding carboxylic acids is 1. The fourth-order valence-corrected chi connectivity index (χ4v) is 3.41. The number of carbonyl (C=O) groups is 1. The molecule has 0 spiro atoms. The van der Waals surface area contributed by atoms with Gasteiger partial charge in [0.05, 0.1) is 16.4 Å². The lowest BCUT2D eigenvalue weighted by Gasteiger charge is -2.03. The predicted molar refractivity (Wildman–Crippen MR) is 96.4 cm³/mol. The number of pyridine rings is 1. The lowest BCUT2D eigenvalue weighted by molar-refractivity contribution is -0.121. The number of nitrogens with one attached hydrogen (secondary N) is 1. The van der Waals surface area contributed by atoms with Gasteiger partial charge < -0.3 is 9.72 Å². The van der Waals surface area contributed by atoms with Crippen molar-refractivity contribution in [1.29, 1.82) is 0 Å². The van der Waals surface area contributed by atoms with E-state index in [1.165, 1.54) is 0 Å². The topological polar surface area (TPSA) is 59.3 Å². The Hall–Kier alpha value is -2.21. The van der Waals surface area contributed by atoms with E-state index in [1.807, 2.05) is 35.0 Å². The average molecular weight is 342 g/mol. The van der Waals surface area contributed by atoms with E-state index in [9.17, 15) is 4.79 Å². The maximum absolute atomic E-state index is 12.0. The Morgan fingerprint density at radius 2 is 2.17 bits per heavy atom. The Labute approximate surface area is 145 Å². The summed E-state index contributed by atoms with van der Waals surface area (Å²) in [5, 5.41) is 6.15. The van der Waals surface area contributed by atoms with Crippen LogP contribution in [0.2, 0.25) is 0 Å². The Morgan fingerprint density at radius 1 is 1.29 bits per heavy atom. The van der Waals surface area contributed by atoms with Crippen LogP contribution in [0, 0.1) is 0 Å². The zero-order valence-corrected chi connectivity index (χ0v) is 14.8. The van der Waals surface area contributed by atoms with Crippen LogP contribution in [0.1, 0.15) is 42.6 Å². The van der Waals surface area contributed by atoms with E-state index in [2.05, 4.69) is 34.5 Å². The SMILES string of the molecule is CC(C)c1csc(CCNC(=O)CCc2cn3ccccc3n2)n1. The Kier molecular flexibility index (Phi) is 5.25. The van der Waals surface area contributed by atoms with E-state index in [4.69, 9.17) is 0 Å². The Morgan fingerprint density at radius 3 is 2.92 bits per heavy atom. The van der Waals surface area contributed by atoms with Gasteiger partial charge in [-0.05, 0) is 24.5 Å². The number of amides is 1. The summed E-state index contributed by atoms with van der Waals surface area (Å²) in [5.74, 6) is 0.516. The van der Waals surface area contributed by atoms with Crippen molar-refractivity contribution in [3.63, 3.8) is 0 Å². The standard InChI is InChI=1S/C18H22N4OS/c1-13(2)15-12-24-18(21-15)8-9-19-17(23)7-6-14-11-22-10-4-3-5-16(22)20-14/h3-5,10-13H,6-9H2,1-2H3,(H,19,23). The maximum Gasteiger partial charge on any atom is 0.220 e. The van der Waals surface area contributed by atoms with Crippen LogP contribution < -0.4 is 5.32 Å². The molecule has 0 aliphatic rings. The number of hydrogen-bond acceptors (Lipinski definition) is 4. The first-order valence-electron chi connectivity index (χ1n) is 8.25. The van der Waals surface area contributed by atoms with E-state index >= 15 is 0 Å². The smallest absolute Gasteiger partial charge is 0.220 e. The van der Waals surface area contributed by atoms with Gasteiger partial charge in [0.2, 0.25) is 5.91 Å². The van der Waals surface area contributed by atoms with Crippen molar-refractivity contribution < 1.29 is 4.79 Å². The van der Waals surface area contributed by atoms with Crippen LogP contribution in [0.5, 0.6) is 0 Å². The molecule has 0 fully saturated rings. The second kappa shape index (κ2) is 7.57. The lowest BCUT2D eigenvalue weighted by Crippen LogP contribution is -2.25. The molecule has 0 saturated heterocycles. The molecular weight excluding hydrogens is 320 g/mol. The number of hydrogen-bond donors (Lipinski definition) is 1. The molecule has 1 N–H and O–H groups in total. The number of aryl methyl sites for hydroxylation is 1. The van der Waals surface area contributed by atoms with Crippen molar-refractivity contribution in [2.75, 3.05) is 6.54 Å². The minimum Gasteiger partial charge on any atom is -0.356 e. The normalized spacial score (nSPS) is 11.3. The molecule has 0 atom stereocenters. The number of thiazole rings is 1. The van der Waals surface area contributed by atoms with Gasteiger partial charge in [-0.1, -0.05) is 19.9 Å². The van der Waals surface area contributed by atoms with Gasteiger partial charge in [0.1, 0.15) is 5.65 Å². The number of imidazole rings is 1. The number of nitrogens with zero attached hydrogens (tertiary/aromatic N) is 3. The van der Waals surface area contributed by atoms with Gasteiger partial charge in [-0.2, -0.15) is 0 Å². The van der Waals surface area contributed by atoms with E-state index in [0.29, 0.717) is 25.3 Å². The molecule has 0 aromatic carbocycles. The van der Waals surface area contributed by atoms with Gasteiger partial charge in [0, 0.05) is 37.2 Å². The molecule has 3 heterocycles. The first kappa shape index (κ1) is 16.6. The van der Waals surface area contributed by atoms with Crippen molar-refractivity contribution in [1.82, 2.24) is 19.7 Å². The highest BCUT2D eigenvalue weighted by Gasteiger charge is 2.08. The molecule has 0 bridgehead atoms. The summed E-state index contributed by atoms with van der Waals surface area (Å²) < 4.78 is 1.97. The molecule has 3 aromatic heterocycles. The molecule has 6 heteroatoms. The van der Waals surface area contributed by atoms with Crippen LogP contribution in [-0.4, -0.2) is 26.8 Å². The van der Waals surface area contributed by atoms with Crippen molar-refractivity contribution in [3.8, 4) is 0 Å². The Bertz CT molecular complexity index is 788. The highest BCUT2D eigenvalue weighted by Crippen LogP contribution is 2.17. The van der Waals surface area contributed by atoms with Gasteiger partial charge in [-0.3, -0.25) is 4.79 Å². The van der Waals surface area contributed by atoms with Gasteiger partial charge in [-0.25, -0.2) is 9.97 Å². The molecule has 0 aliphatic carbocycles. The van der Waals surface area contributed by atoms with E-state index < -0.39 is 0 Å². The van der Waals surface area contributed by atoms with Crippen LogP contribution in [-0.2, 0) is 17.6 Å². The van der Waals surface area contributed by atoms with Gasteiger partial charge >= 0.3 is 0 Å². The fraction of sp³-hybridized carbons (Fsp3) is 0.389. The average Bonchev–Trinajstić information content (AvgIpc) is 3.19. The third kappa shape index (κ3) is 4.20. The van der Waals surface area contributed by atoms with E-state index in [0.717, 1.165) is 28.5 Å². The number of fused-ring (bicyclic) bond motifs is 1. The van der Waals surface area contributed by atoms with Crippen LogP contribution >= 0.6 is 11.3 Å². The summed E-state index contributed by atoms with van der Waals surface area (Å²) in [5.41, 5.74) is 2.99. The molecule has 3 rings (SSSR count). The molecule has 0 saturated carbocycles. The first-order valence-corrected chi connectivity index (χ1v) is 9.13. The second-order valence-corrected chi connectivity index (χ2v) is 7.06. The lowest BCUT2D eigenvalue weighted by atomic mass is 10.2. The van der Waals surface area contributed by atoms with Crippen LogP contribution in [0.15, 0.2) is 36.0 Å². The van der Waals surface area contributed by atoms with E-state index in [-0.39, 0.29) is 5.91 Å². The van der Waals surface area contributed by atoms with Crippen LogP contribution in [0.25, 0.3) is 5.65 Å². The summed E-state index contributed by atoms with van der Waals surface area (Å²) >= 11 is 1.67. The molecule has 3 aromatic rings. The fourth-order valence-electron chi connectivity index (χ4n) is 2.45. The summed E-state index contributed by atoms with van der Waals surface area (Å²) in [6.45, 7) is 4.91. The zero-order chi connectivity index (χ0) is 16.9. The molecule has 24 heavy (non-hydrogen) atoms. The Balaban J connectivity index is 1.42.